The summed E-state index contributed by atoms with van der Waals surface area (Å²) in [7, 11) is 1.62. The van der Waals surface area contributed by atoms with Gasteiger partial charge in [0.15, 0.2) is 16.3 Å². The largest absolute Gasteiger partial charge is 0.496 e. The lowest BCUT2D eigenvalue weighted by Gasteiger charge is -2.24. The highest BCUT2D eigenvalue weighted by molar-refractivity contribution is 14.1. The van der Waals surface area contributed by atoms with E-state index in [1.54, 1.807) is 37.7 Å². The van der Waals surface area contributed by atoms with Crippen molar-refractivity contribution in [3.63, 3.8) is 0 Å². The van der Waals surface area contributed by atoms with Gasteiger partial charge in [0, 0.05) is 0 Å². The zero-order valence-electron chi connectivity index (χ0n) is 19.2. The Hall–Kier alpha value is -3.12. The highest BCUT2D eigenvalue weighted by Gasteiger charge is 2.34. The number of esters is 1. The summed E-state index contributed by atoms with van der Waals surface area (Å²) in [6, 6.07) is 10.4. The van der Waals surface area contributed by atoms with Crippen molar-refractivity contribution < 1.29 is 23.7 Å². The van der Waals surface area contributed by atoms with Crippen LogP contribution < -0.4 is 29.1 Å². The number of hydrogen-bond donors (Lipinski definition) is 0. The van der Waals surface area contributed by atoms with E-state index in [0.717, 1.165) is 14.9 Å². The molecule has 35 heavy (non-hydrogen) atoms. The Bertz CT molecular complexity index is 1550. The Morgan fingerprint density at radius 1 is 1.26 bits per heavy atom. The maximum atomic E-state index is 13.7. The average Bonchev–Trinajstić information content (AvgIpc) is 3.42. The molecular weight excluding hydrogens is 583 g/mol. The van der Waals surface area contributed by atoms with Crippen molar-refractivity contribution in [2.45, 2.75) is 19.9 Å². The molecule has 2 aromatic carbocycles. The number of thiazole rings is 1. The first-order chi connectivity index (χ1) is 16.9. The van der Waals surface area contributed by atoms with Crippen LogP contribution >= 0.6 is 33.9 Å². The summed E-state index contributed by atoms with van der Waals surface area (Å²) >= 11 is 3.48. The molecule has 0 bridgehead atoms. The van der Waals surface area contributed by atoms with Gasteiger partial charge in [-0.05, 0) is 77.9 Å². The fourth-order valence-electron chi connectivity index (χ4n) is 4.11. The fraction of sp³-hybridized carbons (Fsp3) is 0.240. The quantitative estimate of drug-likeness (QED) is 0.329. The van der Waals surface area contributed by atoms with Crippen LogP contribution in [0.1, 0.15) is 31.0 Å². The maximum Gasteiger partial charge on any atom is 0.338 e. The summed E-state index contributed by atoms with van der Waals surface area (Å²) in [6.07, 6.45) is 1.82. The van der Waals surface area contributed by atoms with Crippen LogP contribution in [0.4, 0.5) is 0 Å². The number of methoxy groups -OCH3 is 1. The first-order valence-electron chi connectivity index (χ1n) is 10.8. The fourth-order valence-corrected chi connectivity index (χ4v) is 5.92. The van der Waals surface area contributed by atoms with E-state index >= 15 is 0 Å². The molecule has 1 atom stereocenters. The summed E-state index contributed by atoms with van der Waals surface area (Å²) in [5.74, 6) is 1.45. The predicted molar refractivity (Wildman–Crippen MR) is 139 cm³/mol. The number of rotatable bonds is 5. The Balaban J connectivity index is 1.70. The second-order valence-electron chi connectivity index (χ2n) is 7.81. The summed E-state index contributed by atoms with van der Waals surface area (Å²) < 4.78 is 24.7. The lowest BCUT2D eigenvalue weighted by atomic mass is 9.95. The van der Waals surface area contributed by atoms with Gasteiger partial charge in [-0.2, -0.15) is 0 Å². The van der Waals surface area contributed by atoms with Crippen LogP contribution in [0.2, 0.25) is 0 Å². The number of ether oxygens (including phenoxy) is 4. The minimum atomic E-state index is -0.710. The van der Waals surface area contributed by atoms with Gasteiger partial charge in [0.05, 0.1) is 39.1 Å². The molecule has 5 rings (SSSR count). The lowest BCUT2D eigenvalue weighted by molar-refractivity contribution is -0.139. The zero-order chi connectivity index (χ0) is 24.7. The van der Waals surface area contributed by atoms with Crippen LogP contribution in [0, 0.1) is 3.57 Å². The second-order valence-corrected chi connectivity index (χ2v) is 9.98. The van der Waals surface area contributed by atoms with Crippen LogP contribution in [-0.4, -0.2) is 31.0 Å². The Morgan fingerprint density at radius 2 is 2.06 bits per heavy atom. The summed E-state index contributed by atoms with van der Waals surface area (Å²) in [6.45, 7) is 3.84. The minimum Gasteiger partial charge on any atom is -0.496 e. The number of allylic oxidation sites excluding steroid dienone is 1. The maximum absolute atomic E-state index is 13.7. The predicted octanol–water partition coefficient (Wildman–Crippen LogP) is 3.14. The number of carbonyl (C=O) groups is 1. The molecule has 0 saturated heterocycles. The first-order valence-corrected chi connectivity index (χ1v) is 12.7. The molecular formula is C25H21IN2O6S. The van der Waals surface area contributed by atoms with Crippen LogP contribution in [0.3, 0.4) is 0 Å². The van der Waals surface area contributed by atoms with E-state index in [0.29, 0.717) is 37.7 Å². The number of halogens is 1. The molecule has 0 radical (unpaired) electrons. The van der Waals surface area contributed by atoms with Gasteiger partial charge in [-0.3, -0.25) is 9.36 Å². The molecule has 10 heteroatoms. The molecule has 0 spiro atoms. The van der Waals surface area contributed by atoms with E-state index in [-0.39, 0.29) is 19.0 Å². The molecule has 180 valence electrons. The van der Waals surface area contributed by atoms with E-state index in [1.165, 1.54) is 11.3 Å². The molecule has 2 aliphatic heterocycles. The standard InChI is InChI=1S/C25H21IN2O6S/c1-4-32-24(30)21-13(2)27-25-28(22(21)15-6-8-18-19(11-15)34-12-33-18)23(29)20(35-25)10-14-5-7-17(31-3)16(26)9-14/h5-11,22H,4,12H2,1-3H3/b20-10+/t22-/m1/s1. The van der Waals surface area contributed by atoms with Crippen molar-refractivity contribution in [3.8, 4) is 17.2 Å². The van der Waals surface area contributed by atoms with Gasteiger partial charge in [-0.15, -0.1) is 0 Å². The van der Waals surface area contributed by atoms with Crippen molar-refractivity contribution in [1.82, 2.24) is 4.57 Å². The van der Waals surface area contributed by atoms with Crippen LogP contribution in [0.15, 0.2) is 57.5 Å². The summed E-state index contributed by atoms with van der Waals surface area (Å²) in [5, 5.41) is 0. The van der Waals surface area contributed by atoms with Crippen LogP contribution in [0.5, 0.6) is 17.2 Å². The normalized spacial score (nSPS) is 16.7. The number of fused-ring (bicyclic) bond motifs is 2. The van der Waals surface area contributed by atoms with Gasteiger partial charge in [0.2, 0.25) is 6.79 Å². The van der Waals surface area contributed by atoms with Crippen molar-refractivity contribution >= 4 is 46.0 Å². The van der Waals surface area contributed by atoms with E-state index in [4.69, 9.17) is 18.9 Å². The smallest absolute Gasteiger partial charge is 0.338 e. The average molecular weight is 604 g/mol. The van der Waals surface area contributed by atoms with Crippen molar-refractivity contribution in [1.29, 1.82) is 0 Å². The number of nitrogens with zero attached hydrogens (tertiary/aromatic N) is 2. The topological polar surface area (TPSA) is 88.4 Å². The SMILES string of the molecule is CCOC(=O)C1=C(C)N=c2s/c(=C/c3ccc(OC)c(I)c3)c(=O)n2[C@@H]1c1ccc2c(c1)OCO2. The molecule has 0 aliphatic carbocycles. The van der Waals surface area contributed by atoms with Gasteiger partial charge in [-0.25, -0.2) is 9.79 Å². The number of hydrogen-bond acceptors (Lipinski definition) is 8. The number of aromatic nitrogens is 1. The molecule has 3 aromatic rings. The van der Waals surface area contributed by atoms with Gasteiger partial charge in [0.1, 0.15) is 5.75 Å². The number of benzene rings is 2. The molecule has 0 saturated carbocycles. The Kier molecular flexibility index (Phi) is 6.41. The molecule has 0 N–H and O–H groups in total. The summed E-state index contributed by atoms with van der Waals surface area (Å²) in [4.78, 5) is 31.8. The molecule has 0 fully saturated rings. The van der Waals surface area contributed by atoms with Crippen molar-refractivity contribution in [2.24, 2.45) is 4.99 Å². The van der Waals surface area contributed by atoms with E-state index < -0.39 is 12.0 Å². The van der Waals surface area contributed by atoms with E-state index in [2.05, 4.69) is 27.6 Å². The van der Waals surface area contributed by atoms with Crippen LogP contribution in [-0.2, 0) is 9.53 Å². The van der Waals surface area contributed by atoms with Gasteiger partial charge < -0.3 is 18.9 Å². The molecule has 2 aliphatic rings. The highest BCUT2D eigenvalue weighted by atomic mass is 127. The van der Waals surface area contributed by atoms with E-state index in [1.807, 2.05) is 30.3 Å². The third-order valence-corrected chi connectivity index (χ3v) is 7.53. The monoisotopic (exact) mass is 604 g/mol. The third-order valence-electron chi connectivity index (χ3n) is 5.70. The molecule has 8 nitrogen and oxygen atoms in total. The Morgan fingerprint density at radius 3 is 2.80 bits per heavy atom. The van der Waals surface area contributed by atoms with Gasteiger partial charge >= 0.3 is 5.97 Å². The molecule has 0 unspecified atom stereocenters. The third kappa shape index (κ3) is 4.25. The number of carbonyl (C=O) groups excluding carboxylic acids is 1. The molecule has 1 aromatic heterocycles. The first kappa shape index (κ1) is 23.6. The second kappa shape index (κ2) is 9.50. The van der Waals surface area contributed by atoms with Gasteiger partial charge in [-0.1, -0.05) is 23.5 Å². The highest BCUT2D eigenvalue weighted by Crippen LogP contribution is 2.38. The molecule has 3 heterocycles. The minimum absolute atomic E-state index is 0.127. The van der Waals surface area contributed by atoms with Crippen molar-refractivity contribution in [3.05, 3.63) is 82.1 Å². The lowest BCUT2D eigenvalue weighted by Crippen LogP contribution is -2.39. The van der Waals surface area contributed by atoms with Crippen LogP contribution in [0.25, 0.3) is 6.08 Å². The van der Waals surface area contributed by atoms with Gasteiger partial charge in [0.25, 0.3) is 5.56 Å². The summed E-state index contributed by atoms with van der Waals surface area (Å²) in [5.41, 5.74) is 2.16. The van der Waals surface area contributed by atoms with Crippen molar-refractivity contribution in [2.75, 3.05) is 20.5 Å². The van der Waals surface area contributed by atoms with E-state index in [9.17, 15) is 9.59 Å². The Labute approximate surface area is 218 Å². The zero-order valence-corrected chi connectivity index (χ0v) is 22.1. The molecule has 0 amide bonds.